The van der Waals surface area contributed by atoms with Gasteiger partial charge < -0.3 is 10.4 Å². The standard InChI is InChI=1S/C27H28N2O3/c1-16(30)28-20-11-9-17(10-12-20)13-18-14-19(27(2,3)4)15-22-24(26(31)32)21-7-5-6-8-23(21)29-25(18)22/h5-13,19H,14-15H2,1-4H3,(H,28,30)(H,31,32)/b18-13+. The molecule has 1 unspecified atom stereocenters. The van der Waals surface area contributed by atoms with Crippen molar-refractivity contribution in [2.24, 2.45) is 11.3 Å². The van der Waals surface area contributed by atoms with Crippen LogP contribution in [-0.2, 0) is 11.2 Å². The van der Waals surface area contributed by atoms with Crippen LogP contribution in [0.15, 0.2) is 48.5 Å². The van der Waals surface area contributed by atoms with Crippen LogP contribution in [-0.4, -0.2) is 22.0 Å². The van der Waals surface area contributed by atoms with E-state index in [1.807, 2.05) is 48.5 Å². The summed E-state index contributed by atoms with van der Waals surface area (Å²) >= 11 is 0. The molecule has 0 saturated heterocycles. The second-order valence-corrected chi connectivity index (χ2v) is 9.58. The van der Waals surface area contributed by atoms with Crippen LogP contribution in [0.1, 0.15) is 61.3 Å². The largest absolute Gasteiger partial charge is 0.478 e. The van der Waals surface area contributed by atoms with E-state index in [-0.39, 0.29) is 11.3 Å². The highest BCUT2D eigenvalue weighted by atomic mass is 16.4. The van der Waals surface area contributed by atoms with Crippen LogP contribution in [0.2, 0.25) is 0 Å². The van der Waals surface area contributed by atoms with Gasteiger partial charge in [0.1, 0.15) is 0 Å². The number of aromatic carboxylic acids is 1. The molecule has 32 heavy (non-hydrogen) atoms. The van der Waals surface area contributed by atoms with Gasteiger partial charge in [0.2, 0.25) is 5.91 Å². The second kappa shape index (κ2) is 8.23. The number of pyridine rings is 1. The number of hydrogen-bond donors (Lipinski definition) is 2. The monoisotopic (exact) mass is 428 g/mol. The van der Waals surface area contributed by atoms with E-state index in [9.17, 15) is 14.7 Å². The molecule has 5 nitrogen and oxygen atoms in total. The van der Waals surface area contributed by atoms with Gasteiger partial charge in [-0.2, -0.15) is 0 Å². The van der Waals surface area contributed by atoms with Gasteiger partial charge in [0.15, 0.2) is 0 Å². The molecule has 2 N–H and O–H groups in total. The van der Waals surface area contributed by atoms with E-state index in [4.69, 9.17) is 4.98 Å². The van der Waals surface area contributed by atoms with Gasteiger partial charge in [0, 0.05) is 18.0 Å². The Bertz CT molecular complexity index is 1230. The zero-order chi connectivity index (χ0) is 23.0. The minimum atomic E-state index is -0.909. The lowest BCUT2D eigenvalue weighted by Gasteiger charge is -2.36. The third-order valence-corrected chi connectivity index (χ3v) is 6.22. The molecule has 1 aliphatic rings. The van der Waals surface area contributed by atoms with E-state index >= 15 is 0 Å². The molecule has 1 heterocycles. The number of nitrogens with one attached hydrogen (secondary N) is 1. The zero-order valence-electron chi connectivity index (χ0n) is 18.9. The molecule has 0 aliphatic heterocycles. The van der Waals surface area contributed by atoms with Crippen LogP contribution in [0.5, 0.6) is 0 Å². The van der Waals surface area contributed by atoms with E-state index in [0.717, 1.165) is 34.5 Å². The first-order valence-corrected chi connectivity index (χ1v) is 10.9. The molecule has 0 fully saturated rings. The lowest BCUT2D eigenvalue weighted by molar-refractivity contribution is -0.114. The number of allylic oxidation sites excluding steroid dienone is 1. The molecule has 5 heteroatoms. The summed E-state index contributed by atoms with van der Waals surface area (Å²) in [6, 6.07) is 15.1. The summed E-state index contributed by atoms with van der Waals surface area (Å²) < 4.78 is 0. The molecule has 1 atom stereocenters. The molecule has 2 aromatic carbocycles. The fourth-order valence-corrected chi connectivity index (χ4v) is 4.45. The van der Waals surface area contributed by atoms with Gasteiger partial charge in [-0.3, -0.25) is 4.79 Å². The molecule has 1 amide bonds. The van der Waals surface area contributed by atoms with Crippen molar-refractivity contribution in [2.75, 3.05) is 5.32 Å². The SMILES string of the molecule is CC(=O)Nc1ccc(/C=C2\CC(C(C)(C)C)Cc3c2nc2ccccc2c3C(=O)O)cc1. The van der Waals surface area contributed by atoms with Gasteiger partial charge in [0.25, 0.3) is 0 Å². The van der Waals surface area contributed by atoms with Gasteiger partial charge >= 0.3 is 5.97 Å². The molecular formula is C27H28N2O3. The van der Waals surface area contributed by atoms with Crippen LogP contribution < -0.4 is 5.32 Å². The predicted molar refractivity (Wildman–Crippen MR) is 129 cm³/mol. The van der Waals surface area contributed by atoms with Crippen molar-refractivity contribution >= 4 is 40.1 Å². The number of anilines is 1. The Labute approximate surface area is 188 Å². The van der Waals surface area contributed by atoms with Gasteiger partial charge in [0.05, 0.1) is 16.8 Å². The molecule has 4 rings (SSSR count). The Morgan fingerprint density at radius 1 is 1.06 bits per heavy atom. The number of carbonyl (C=O) groups excluding carboxylic acids is 1. The maximum Gasteiger partial charge on any atom is 0.336 e. The van der Waals surface area contributed by atoms with Crippen LogP contribution in [0, 0.1) is 11.3 Å². The molecule has 0 saturated carbocycles. The molecule has 1 aromatic heterocycles. The highest BCUT2D eigenvalue weighted by molar-refractivity contribution is 6.06. The first-order chi connectivity index (χ1) is 15.1. The van der Waals surface area contributed by atoms with E-state index in [1.165, 1.54) is 6.92 Å². The molecule has 0 radical (unpaired) electrons. The number of carboxylic acid groups (broad SMARTS) is 1. The average Bonchev–Trinajstić information content (AvgIpc) is 2.72. The minimum Gasteiger partial charge on any atom is -0.478 e. The van der Waals surface area contributed by atoms with Crippen molar-refractivity contribution in [2.45, 2.75) is 40.5 Å². The van der Waals surface area contributed by atoms with E-state index in [0.29, 0.717) is 28.8 Å². The van der Waals surface area contributed by atoms with Crippen molar-refractivity contribution in [3.8, 4) is 0 Å². The smallest absolute Gasteiger partial charge is 0.336 e. The highest BCUT2D eigenvalue weighted by Gasteiger charge is 2.35. The Hall–Kier alpha value is -3.47. The molecule has 164 valence electrons. The molecule has 0 spiro atoms. The summed E-state index contributed by atoms with van der Waals surface area (Å²) in [6.07, 6.45) is 3.62. The number of benzene rings is 2. The molecule has 0 bridgehead atoms. The number of nitrogens with zero attached hydrogens (tertiary/aromatic N) is 1. The topological polar surface area (TPSA) is 79.3 Å². The van der Waals surface area contributed by atoms with E-state index in [1.54, 1.807) is 0 Å². The maximum absolute atomic E-state index is 12.4. The second-order valence-electron chi connectivity index (χ2n) is 9.58. The Morgan fingerprint density at radius 2 is 1.75 bits per heavy atom. The fourth-order valence-electron chi connectivity index (χ4n) is 4.45. The van der Waals surface area contributed by atoms with Crippen molar-refractivity contribution in [3.05, 3.63) is 70.9 Å². The molecule has 3 aromatic rings. The number of fused-ring (bicyclic) bond motifs is 2. The summed E-state index contributed by atoms with van der Waals surface area (Å²) in [5.41, 5.74) is 5.47. The van der Waals surface area contributed by atoms with Gasteiger partial charge in [-0.15, -0.1) is 0 Å². The Morgan fingerprint density at radius 3 is 2.38 bits per heavy atom. The first kappa shape index (κ1) is 21.8. The van der Waals surface area contributed by atoms with Crippen LogP contribution in [0.25, 0.3) is 22.6 Å². The fraction of sp³-hybridized carbons (Fsp3) is 0.296. The summed E-state index contributed by atoms with van der Waals surface area (Å²) in [4.78, 5) is 28.6. The molecular weight excluding hydrogens is 400 g/mol. The van der Waals surface area contributed by atoms with E-state index < -0.39 is 5.97 Å². The lowest BCUT2D eigenvalue weighted by atomic mass is 9.69. The number of aromatic nitrogens is 1. The number of amides is 1. The lowest BCUT2D eigenvalue weighted by Crippen LogP contribution is -2.28. The highest BCUT2D eigenvalue weighted by Crippen LogP contribution is 2.44. The van der Waals surface area contributed by atoms with Crippen LogP contribution in [0.3, 0.4) is 0 Å². The summed E-state index contributed by atoms with van der Waals surface area (Å²) in [5.74, 6) is -0.725. The normalized spacial score (nSPS) is 17.2. The molecule has 1 aliphatic carbocycles. The van der Waals surface area contributed by atoms with Crippen molar-refractivity contribution in [1.82, 2.24) is 4.98 Å². The van der Waals surface area contributed by atoms with Gasteiger partial charge in [-0.05, 0) is 65.1 Å². The van der Waals surface area contributed by atoms with Crippen molar-refractivity contribution < 1.29 is 14.7 Å². The third-order valence-electron chi connectivity index (χ3n) is 6.22. The van der Waals surface area contributed by atoms with Crippen LogP contribution >= 0.6 is 0 Å². The number of rotatable bonds is 3. The summed E-state index contributed by atoms with van der Waals surface area (Å²) in [7, 11) is 0. The third kappa shape index (κ3) is 4.28. The summed E-state index contributed by atoms with van der Waals surface area (Å²) in [6.45, 7) is 8.10. The number of hydrogen-bond acceptors (Lipinski definition) is 3. The predicted octanol–water partition coefficient (Wildman–Crippen LogP) is 6.04. The van der Waals surface area contributed by atoms with E-state index in [2.05, 4.69) is 32.2 Å². The quantitative estimate of drug-likeness (QED) is 0.533. The zero-order valence-corrected chi connectivity index (χ0v) is 18.9. The minimum absolute atomic E-state index is 0.0213. The van der Waals surface area contributed by atoms with Crippen molar-refractivity contribution in [1.29, 1.82) is 0 Å². The number of carbonyl (C=O) groups is 2. The van der Waals surface area contributed by atoms with Gasteiger partial charge in [-0.1, -0.05) is 51.1 Å². The maximum atomic E-state index is 12.4. The number of para-hydroxylation sites is 1. The van der Waals surface area contributed by atoms with Crippen LogP contribution in [0.4, 0.5) is 5.69 Å². The number of carboxylic acids is 1. The summed E-state index contributed by atoms with van der Waals surface area (Å²) in [5, 5.41) is 13.6. The first-order valence-electron chi connectivity index (χ1n) is 10.9. The van der Waals surface area contributed by atoms with Crippen molar-refractivity contribution in [3.63, 3.8) is 0 Å². The average molecular weight is 429 g/mol. The Balaban J connectivity index is 1.89. The van der Waals surface area contributed by atoms with Gasteiger partial charge in [-0.25, -0.2) is 9.78 Å². The Kier molecular flexibility index (Phi) is 5.59.